The predicted molar refractivity (Wildman–Crippen MR) is 91.5 cm³/mol. The van der Waals surface area contributed by atoms with Crippen LogP contribution in [0.2, 0.25) is 0 Å². The largest absolute Gasteiger partial charge is 0.493 e. The standard InChI is InChI=1S/C18H17N3O3/c1-23-16-8-5-13(11-17(16)24-2)18(22)20-14-6-3-12(4-7-14)15-9-10-19-21-15/h3-11H,1-2H3,(H,19,21)(H,20,22). The van der Waals surface area contributed by atoms with Crippen LogP contribution < -0.4 is 14.8 Å². The summed E-state index contributed by atoms with van der Waals surface area (Å²) in [5.41, 5.74) is 3.12. The number of hydrogen-bond donors (Lipinski definition) is 2. The van der Waals surface area contributed by atoms with Gasteiger partial charge in [0.05, 0.1) is 19.9 Å². The van der Waals surface area contributed by atoms with Gasteiger partial charge < -0.3 is 14.8 Å². The van der Waals surface area contributed by atoms with E-state index in [-0.39, 0.29) is 5.91 Å². The first-order valence-corrected chi connectivity index (χ1v) is 7.34. The number of hydrogen-bond acceptors (Lipinski definition) is 4. The van der Waals surface area contributed by atoms with Gasteiger partial charge in [-0.1, -0.05) is 12.1 Å². The Kier molecular flexibility index (Phi) is 4.47. The van der Waals surface area contributed by atoms with Crippen LogP contribution in [-0.2, 0) is 0 Å². The van der Waals surface area contributed by atoms with Crippen LogP contribution in [0.5, 0.6) is 11.5 Å². The highest BCUT2D eigenvalue weighted by atomic mass is 16.5. The number of benzene rings is 2. The van der Waals surface area contributed by atoms with Crippen LogP contribution in [0, 0.1) is 0 Å². The lowest BCUT2D eigenvalue weighted by Gasteiger charge is -2.10. The number of carbonyl (C=O) groups excluding carboxylic acids is 1. The normalized spacial score (nSPS) is 10.2. The van der Waals surface area contributed by atoms with E-state index < -0.39 is 0 Å². The minimum absolute atomic E-state index is 0.217. The molecule has 0 radical (unpaired) electrons. The smallest absolute Gasteiger partial charge is 0.255 e. The highest BCUT2D eigenvalue weighted by Gasteiger charge is 2.11. The van der Waals surface area contributed by atoms with Crippen molar-refractivity contribution in [2.24, 2.45) is 0 Å². The van der Waals surface area contributed by atoms with E-state index in [1.54, 1.807) is 31.5 Å². The van der Waals surface area contributed by atoms with Gasteiger partial charge in [0.2, 0.25) is 0 Å². The first-order chi connectivity index (χ1) is 11.7. The maximum atomic E-state index is 12.4. The van der Waals surface area contributed by atoms with E-state index >= 15 is 0 Å². The molecule has 0 saturated heterocycles. The summed E-state index contributed by atoms with van der Waals surface area (Å²) >= 11 is 0. The number of amides is 1. The maximum absolute atomic E-state index is 12.4. The van der Waals surface area contributed by atoms with E-state index in [1.807, 2.05) is 30.3 Å². The fourth-order valence-electron chi connectivity index (χ4n) is 2.33. The lowest BCUT2D eigenvalue weighted by Crippen LogP contribution is -2.12. The van der Waals surface area contributed by atoms with E-state index in [9.17, 15) is 4.79 Å². The Morgan fingerprint density at radius 3 is 2.38 bits per heavy atom. The summed E-state index contributed by atoms with van der Waals surface area (Å²) in [6, 6.07) is 14.4. The second kappa shape index (κ2) is 6.87. The van der Waals surface area contributed by atoms with E-state index in [2.05, 4.69) is 15.5 Å². The number of nitrogens with one attached hydrogen (secondary N) is 2. The zero-order valence-corrected chi connectivity index (χ0v) is 13.4. The molecule has 0 saturated carbocycles. The van der Waals surface area contributed by atoms with Crippen LogP contribution in [0.1, 0.15) is 10.4 Å². The summed E-state index contributed by atoms with van der Waals surface area (Å²) in [4.78, 5) is 12.4. The van der Waals surface area contributed by atoms with Crippen LogP contribution in [-0.4, -0.2) is 30.3 Å². The molecule has 0 unspecified atom stereocenters. The third kappa shape index (κ3) is 3.22. The number of anilines is 1. The number of nitrogens with zero attached hydrogens (tertiary/aromatic N) is 1. The molecule has 1 aromatic heterocycles. The molecule has 6 heteroatoms. The molecule has 0 fully saturated rings. The van der Waals surface area contributed by atoms with Crippen molar-refractivity contribution in [1.82, 2.24) is 10.2 Å². The molecule has 3 rings (SSSR count). The average Bonchev–Trinajstić information content (AvgIpc) is 3.16. The third-order valence-corrected chi connectivity index (χ3v) is 3.60. The van der Waals surface area contributed by atoms with Crippen LogP contribution in [0.25, 0.3) is 11.3 Å². The van der Waals surface area contributed by atoms with E-state index in [4.69, 9.17) is 9.47 Å². The molecule has 3 aromatic rings. The van der Waals surface area contributed by atoms with Crippen molar-refractivity contribution >= 4 is 11.6 Å². The van der Waals surface area contributed by atoms with Gasteiger partial charge in [-0.2, -0.15) is 5.10 Å². The fraction of sp³-hybridized carbons (Fsp3) is 0.111. The van der Waals surface area contributed by atoms with Crippen molar-refractivity contribution in [3.63, 3.8) is 0 Å². The molecular formula is C18H17N3O3. The zero-order valence-electron chi connectivity index (χ0n) is 13.4. The number of H-pyrrole nitrogens is 1. The predicted octanol–water partition coefficient (Wildman–Crippen LogP) is 3.35. The van der Waals surface area contributed by atoms with Crippen molar-refractivity contribution in [2.75, 3.05) is 19.5 Å². The Hall–Kier alpha value is -3.28. The number of rotatable bonds is 5. The molecule has 0 spiro atoms. The Morgan fingerprint density at radius 2 is 1.75 bits per heavy atom. The van der Waals surface area contributed by atoms with Gasteiger partial charge in [0.15, 0.2) is 11.5 Å². The Balaban J connectivity index is 1.75. The zero-order chi connectivity index (χ0) is 16.9. The first-order valence-electron chi connectivity index (χ1n) is 7.34. The molecule has 0 aliphatic heterocycles. The number of aromatic nitrogens is 2. The first kappa shape index (κ1) is 15.6. The molecule has 0 aliphatic rings. The highest BCUT2D eigenvalue weighted by Crippen LogP contribution is 2.28. The minimum Gasteiger partial charge on any atom is -0.493 e. The van der Waals surface area contributed by atoms with Crippen LogP contribution in [0.4, 0.5) is 5.69 Å². The summed E-state index contributed by atoms with van der Waals surface area (Å²) in [5, 5.41) is 9.68. The molecular weight excluding hydrogens is 306 g/mol. The number of ether oxygens (including phenoxy) is 2. The molecule has 2 aromatic carbocycles. The topological polar surface area (TPSA) is 76.2 Å². The van der Waals surface area contributed by atoms with Gasteiger partial charge >= 0.3 is 0 Å². The number of aromatic amines is 1. The Bertz CT molecular complexity index is 827. The molecule has 0 aliphatic carbocycles. The molecule has 24 heavy (non-hydrogen) atoms. The summed E-state index contributed by atoms with van der Waals surface area (Å²) in [7, 11) is 3.09. The van der Waals surface area contributed by atoms with Crippen LogP contribution in [0.3, 0.4) is 0 Å². The molecule has 0 atom stereocenters. The Labute approximate surface area is 139 Å². The van der Waals surface area contributed by atoms with Gasteiger partial charge in [-0.3, -0.25) is 9.89 Å². The van der Waals surface area contributed by atoms with E-state index in [0.29, 0.717) is 22.7 Å². The van der Waals surface area contributed by atoms with Gasteiger partial charge in [0.25, 0.3) is 5.91 Å². The molecule has 0 bridgehead atoms. The SMILES string of the molecule is COc1ccc(C(=O)Nc2ccc(-c3ccn[nH]3)cc2)cc1OC. The van der Waals surface area contributed by atoms with Gasteiger partial charge in [-0.15, -0.1) is 0 Å². The lowest BCUT2D eigenvalue weighted by molar-refractivity contribution is 0.102. The second-order valence-corrected chi connectivity index (χ2v) is 5.07. The monoisotopic (exact) mass is 323 g/mol. The summed E-state index contributed by atoms with van der Waals surface area (Å²) < 4.78 is 10.4. The van der Waals surface area contributed by atoms with Gasteiger partial charge in [-0.25, -0.2) is 0 Å². The van der Waals surface area contributed by atoms with E-state index in [0.717, 1.165) is 11.3 Å². The average molecular weight is 323 g/mol. The minimum atomic E-state index is -0.217. The summed E-state index contributed by atoms with van der Waals surface area (Å²) in [6.07, 6.45) is 1.70. The molecule has 2 N–H and O–H groups in total. The summed E-state index contributed by atoms with van der Waals surface area (Å²) in [5.74, 6) is 0.878. The number of methoxy groups -OCH3 is 2. The fourth-order valence-corrected chi connectivity index (χ4v) is 2.33. The third-order valence-electron chi connectivity index (χ3n) is 3.60. The second-order valence-electron chi connectivity index (χ2n) is 5.07. The van der Waals surface area contributed by atoms with Crippen molar-refractivity contribution in [2.45, 2.75) is 0 Å². The van der Waals surface area contributed by atoms with Crippen molar-refractivity contribution in [1.29, 1.82) is 0 Å². The molecule has 122 valence electrons. The molecule has 1 heterocycles. The highest BCUT2D eigenvalue weighted by molar-refractivity contribution is 6.04. The summed E-state index contributed by atoms with van der Waals surface area (Å²) in [6.45, 7) is 0. The maximum Gasteiger partial charge on any atom is 0.255 e. The van der Waals surface area contributed by atoms with Crippen LogP contribution in [0.15, 0.2) is 54.7 Å². The van der Waals surface area contributed by atoms with Crippen molar-refractivity contribution in [3.8, 4) is 22.8 Å². The lowest BCUT2D eigenvalue weighted by atomic mass is 10.1. The molecule has 1 amide bonds. The molecule has 6 nitrogen and oxygen atoms in total. The Morgan fingerprint density at radius 1 is 1.00 bits per heavy atom. The van der Waals surface area contributed by atoms with Crippen molar-refractivity contribution in [3.05, 3.63) is 60.3 Å². The van der Waals surface area contributed by atoms with E-state index in [1.165, 1.54) is 7.11 Å². The van der Waals surface area contributed by atoms with Gasteiger partial charge in [-0.05, 0) is 42.0 Å². The quantitative estimate of drug-likeness (QED) is 0.755. The number of carbonyl (C=O) groups is 1. The van der Waals surface area contributed by atoms with Gasteiger partial charge in [0, 0.05) is 17.4 Å². The van der Waals surface area contributed by atoms with Gasteiger partial charge in [0.1, 0.15) is 0 Å². The van der Waals surface area contributed by atoms with Crippen molar-refractivity contribution < 1.29 is 14.3 Å². The van der Waals surface area contributed by atoms with Crippen LogP contribution >= 0.6 is 0 Å².